The highest BCUT2D eigenvalue weighted by atomic mass is 35.5. The molecule has 7 nitrogen and oxygen atoms in total. The van der Waals surface area contributed by atoms with Crippen molar-refractivity contribution in [3.05, 3.63) is 63.0 Å². The summed E-state index contributed by atoms with van der Waals surface area (Å²) < 4.78 is 1.50. The Kier molecular flexibility index (Phi) is 4.55. The van der Waals surface area contributed by atoms with Crippen LogP contribution >= 0.6 is 22.9 Å². The van der Waals surface area contributed by atoms with Crippen LogP contribution in [0.25, 0.3) is 5.00 Å². The van der Waals surface area contributed by atoms with Gasteiger partial charge in [-0.3, -0.25) is 4.79 Å². The molecule has 2 N–H and O–H groups in total. The van der Waals surface area contributed by atoms with Gasteiger partial charge in [0.1, 0.15) is 5.00 Å². The number of rotatable bonds is 3. The topological polar surface area (TPSA) is 92.4 Å². The van der Waals surface area contributed by atoms with Gasteiger partial charge < -0.3 is 10.4 Å². The number of aliphatic hydroxyl groups excluding tert-OH is 1. The molecular weight excluding hydrogens is 386 g/mol. The monoisotopic (exact) mass is 401 g/mol. The number of hydrogen-bond acceptors (Lipinski definition) is 6. The second-order valence-corrected chi connectivity index (χ2v) is 7.42. The number of nitrogens with one attached hydrogen (secondary N) is 1. The molecule has 9 heteroatoms. The minimum absolute atomic E-state index is 0.0136. The van der Waals surface area contributed by atoms with Crippen LogP contribution < -0.4 is 5.32 Å². The Morgan fingerprint density at radius 2 is 2.15 bits per heavy atom. The van der Waals surface area contributed by atoms with Gasteiger partial charge in [-0.15, -0.1) is 16.4 Å². The van der Waals surface area contributed by atoms with E-state index in [-0.39, 0.29) is 11.6 Å². The van der Waals surface area contributed by atoms with E-state index in [0.717, 1.165) is 27.4 Å². The fourth-order valence-electron chi connectivity index (χ4n) is 2.90. The summed E-state index contributed by atoms with van der Waals surface area (Å²) >= 11 is 7.91. The van der Waals surface area contributed by atoms with Gasteiger partial charge in [0.05, 0.1) is 5.71 Å². The van der Waals surface area contributed by atoms with Crippen molar-refractivity contribution in [1.82, 2.24) is 20.1 Å². The zero-order valence-corrected chi connectivity index (χ0v) is 16.2. The Hall–Kier alpha value is -2.55. The van der Waals surface area contributed by atoms with Gasteiger partial charge in [0.2, 0.25) is 12.1 Å². The molecular formula is C18H16ClN5O2S. The third kappa shape index (κ3) is 2.95. The molecule has 0 saturated carbocycles. The number of carbonyl (C=O) groups excluding carboxylic acids is 1. The Bertz CT molecular complexity index is 1070. The van der Waals surface area contributed by atoms with E-state index < -0.39 is 12.1 Å². The summed E-state index contributed by atoms with van der Waals surface area (Å²) in [7, 11) is 1.50. The Morgan fingerprint density at radius 1 is 1.37 bits per heavy atom. The van der Waals surface area contributed by atoms with Crippen LogP contribution in [0.15, 0.2) is 35.3 Å². The molecule has 0 fully saturated rings. The third-order valence-electron chi connectivity index (χ3n) is 4.23. The molecule has 4 rings (SSSR count). The van der Waals surface area contributed by atoms with Gasteiger partial charge in [-0.05, 0) is 18.6 Å². The first-order valence-corrected chi connectivity index (χ1v) is 9.56. The maximum absolute atomic E-state index is 11.9. The number of nitrogens with zero attached hydrogens (tertiary/aromatic N) is 4. The quantitative estimate of drug-likeness (QED) is 0.705. The second-order valence-electron chi connectivity index (χ2n) is 5.90. The number of halogens is 1. The molecule has 1 unspecified atom stereocenters. The average Bonchev–Trinajstić information content (AvgIpc) is 3.28. The lowest BCUT2D eigenvalue weighted by Crippen LogP contribution is -2.19. The lowest BCUT2D eigenvalue weighted by Gasteiger charge is -2.08. The van der Waals surface area contributed by atoms with Crippen molar-refractivity contribution in [3.8, 4) is 5.00 Å². The first-order valence-electron chi connectivity index (χ1n) is 8.36. The van der Waals surface area contributed by atoms with Crippen LogP contribution in [0.2, 0.25) is 5.02 Å². The fraction of sp³-hybridized carbons (Fsp3) is 0.222. The summed E-state index contributed by atoms with van der Waals surface area (Å²) in [5.74, 6) is -0.242. The average molecular weight is 402 g/mol. The van der Waals surface area contributed by atoms with E-state index in [1.54, 1.807) is 6.07 Å². The number of carbonyl (C=O) groups is 1. The molecule has 138 valence electrons. The molecule has 0 aliphatic carbocycles. The summed E-state index contributed by atoms with van der Waals surface area (Å²) in [5, 5.41) is 18.8. The summed E-state index contributed by atoms with van der Waals surface area (Å²) in [4.78, 5) is 21.7. The van der Waals surface area contributed by atoms with Crippen LogP contribution in [0.5, 0.6) is 0 Å². The van der Waals surface area contributed by atoms with E-state index in [9.17, 15) is 9.90 Å². The smallest absolute Gasteiger partial charge is 0.290 e. The van der Waals surface area contributed by atoms with Crippen molar-refractivity contribution in [2.24, 2.45) is 4.99 Å². The lowest BCUT2D eigenvalue weighted by molar-refractivity contribution is 0.0952. The van der Waals surface area contributed by atoms with Crippen LogP contribution in [0.3, 0.4) is 0 Å². The highest BCUT2D eigenvalue weighted by Crippen LogP contribution is 2.35. The molecule has 3 aromatic rings. The molecule has 2 aromatic heterocycles. The van der Waals surface area contributed by atoms with Crippen LogP contribution in [0.4, 0.5) is 0 Å². The number of fused-ring (bicyclic) bond motifs is 3. The molecule has 1 aliphatic heterocycles. The highest BCUT2D eigenvalue weighted by Gasteiger charge is 2.30. The molecule has 3 heterocycles. The summed E-state index contributed by atoms with van der Waals surface area (Å²) in [6.45, 7) is 2.06. The largest absolute Gasteiger partial charge is 0.365 e. The standard InChI is InChI=1S/C18H16ClN5O2S/c1-3-9-8-11-13(10-6-4-5-7-12(10)19)21-17(26)15-22-14(16(25)20-2)23-24(15)18(11)27-9/h4-8,17,26H,3H2,1-2H3,(H,20,25). The highest BCUT2D eigenvalue weighted by molar-refractivity contribution is 7.15. The van der Waals surface area contributed by atoms with E-state index in [1.165, 1.54) is 23.1 Å². The normalized spacial score (nSPS) is 15.6. The van der Waals surface area contributed by atoms with E-state index in [4.69, 9.17) is 11.6 Å². The van der Waals surface area contributed by atoms with Gasteiger partial charge in [0, 0.05) is 28.1 Å². The molecule has 0 spiro atoms. The minimum atomic E-state index is -1.27. The molecule has 1 amide bonds. The first kappa shape index (κ1) is 17.8. The lowest BCUT2D eigenvalue weighted by atomic mass is 10.0. The fourth-order valence-corrected chi connectivity index (χ4v) is 4.18. The first-order chi connectivity index (χ1) is 13.0. The van der Waals surface area contributed by atoms with Gasteiger partial charge in [-0.1, -0.05) is 36.7 Å². The number of benzene rings is 1. The summed E-state index contributed by atoms with van der Waals surface area (Å²) in [6.07, 6.45) is -0.436. The number of thiophene rings is 1. The van der Waals surface area contributed by atoms with Crippen LogP contribution in [0.1, 0.15) is 45.6 Å². The molecule has 1 aliphatic rings. The van der Waals surface area contributed by atoms with Crippen molar-refractivity contribution >= 4 is 34.6 Å². The van der Waals surface area contributed by atoms with Crippen molar-refractivity contribution in [1.29, 1.82) is 0 Å². The third-order valence-corrected chi connectivity index (χ3v) is 5.82. The summed E-state index contributed by atoms with van der Waals surface area (Å²) in [5.41, 5.74) is 2.10. The predicted octanol–water partition coefficient (Wildman–Crippen LogP) is 2.75. The maximum atomic E-state index is 11.9. The predicted molar refractivity (Wildman–Crippen MR) is 104 cm³/mol. The number of aliphatic imine (C=N–C) groups is 1. The van der Waals surface area contributed by atoms with Crippen LogP contribution in [-0.2, 0) is 6.42 Å². The van der Waals surface area contributed by atoms with Gasteiger partial charge >= 0.3 is 0 Å². The van der Waals surface area contributed by atoms with Crippen LogP contribution in [-0.4, -0.2) is 38.5 Å². The number of aryl methyl sites for hydroxylation is 1. The van der Waals surface area contributed by atoms with E-state index in [1.807, 2.05) is 24.3 Å². The summed E-state index contributed by atoms with van der Waals surface area (Å²) in [6, 6.07) is 9.37. The number of hydrogen-bond donors (Lipinski definition) is 2. The Morgan fingerprint density at radius 3 is 2.85 bits per heavy atom. The van der Waals surface area contributed by atoms with Crippen molar-refractivity contribution < 1.29 is 9.90 Å². The zero-order chi connectivity index (χ0) is 19.1. The molecule has 0 saturated heterocycles. The van der Waals surface area contributed by atoms with Crippen LogP contribution in [0, 0.1) is 0 Å². The molecule has 0 radical (unpaired) electrons. The van der Waals surface area contributed by atoms with E-state index >= 15 is 0 Å². The van der Waals surface area contributed by atoms with Crippen molar-refractivity contribution in [2.45, 2.75) is 19.6 Å². The second kappa shape index (κ2) is 6.88. The van der Waals surface area contributed by atoms with Gasteiger partial charge in [0.25, 0.3) is 5.91 Å². The van der Waals surface area contributed by atoms with Gasteiger partial charge in [-0.2, -0.15) is 0 Å². The molecule has 1 aromatic carbocycles. The Labute approximate surface area is 164 Å². The number of aliphatic hydroxyl groups is 1. The van der Waals surface area contributed by atoms with E-state index in [0.29, 0.717) is 10.7 Å². The van der Waals surface area contributed by atoms with Crippen molar-refractivity contribution in [3.63, 3.8) is 0 Å². The van der Waals surface area contributed by atoms with Gasteiger partial charge in [-0.25, -0.2) is 14.7 Å². The van der Waals surface area contributed by atoms with Gasteiger partial charge in [0.15, 0.2) is 5.82 Å². The maximum Gasteiger partial charge on any atom is 0.290 e. The number of amides is 1. The Balaban J connectivity index is 1.97. The molecule has 1 atom stereocenters. The zero-order valence-electron chi connectivity index (χ0n) is 14.6. The SMILES string of the molecule is CCc1cc2c(s1)-n1nc(C(=O)NC)nc1C(O)N=C2c1ccccc1Cl. The molecule has 0 bridgehead atoms. The number of aromatic nitrogens is 3. The molecule has 27 heavy (non-hydrogen) atoms. The van der Waals surface area contributed by atoms with E-state index in [2.05, 4.69) is 27.3 Å². The van der Waals surface area contributed by atoms with Crippen molar-refractivity contribution in [2.75, 3.05) is 7.05 Å². The minimum Gasteiger partial charge on any atom is -0.365 e.